The minimum atomic E-state index is -3.69. The maximum Gasteiger partial charge on any atom is 0.335 e. The fraction of sp³-hybridized carbons (Fsp3) is 0.875. The lowest BCUT2D eigenvalue weighted by Gasteiger charge is -2.18. The highest BCUT2D eigenvalue weighted by Gasteiger charge is 2.30. The Morgan fingerprint density at radius 1 is 1.46 bits per heavy atom. The summed E-state index contributed by atoms with van der Waals surface area (Å²) in [6.07, 6.45) is -0.398. The summed E-state index contributed by atoms with van der Waals surface area (Å²) < 4.78 is 15.8. The van der Waals surface area contributed by atoms with Crippen molar-refractivity contribution in [3.8, 4) is 0 Å². The van der Waals surface area contributed by atoms with Crippen LogP contribution in [-0.4, -0.2) is 23.4 Å². The van der Waals surface area contributed by atoms with Gasteiger partial charge < -0.3 is 9.42 Å². The van der Waals surface area contributed by atoms with E-state index in [0.29, 0.717) is 0 Å². The first-order valence-electron chi connectivity index (χ1n) is 4.18. The number of Topliss-reactive ketones (excluding diaryl/α,β-unsaturated/α-hetero) is 1. The number of carbonyl (C=O) groups is 1. The van der Waals surface area contributed by atoms with Crippen LogP contribution in [0.15, 0.2) is 0 Å². The lowest BCUT2D eigenvalue weighted by molar-refractivity contribution is -0.123. The maximum atomic E-state index is 11.3. The van der Waals surface area contributed by atoms with Crippen LogP contribution in [0.1, 0.15) is 27.7 Å². The van der Waals surface area contributed by atoms with E-state index in [-0.39, 0.29) is 12.4 Å². The summed E-state index contributed by atoms with van der Waals surface area (Å²) in [5, 5.41) is 0. The van der Waals surface area contributed by atoms with Gasteiger partial charge in [-0.3, -0.25) is 9.36 Å². The normalized spacial score (nSPS) is 16.7. The Morgan fingerprint density at radius 3 is 2.23 bits per heavy atom. The van der Waals surface area contributed by atoms with E-state index < -0.39 is 19.2 Å². The molecule has 0 aromatic heterocycles. The lowest BCUT2D eigenvalue weighted by Crippen LogP contribution is -2.23. The van der Waals surface area contributed by atoms with E-state index in [4.69, 9.17) is 4.89 Å². The van der Waals surface area contributed by atoms with E-state index in [0.717, 1.165) is 0 Å². The molecule has 0 heterocycles. The molecule has 78 valence electrons. The Bertz CT molecular complexity index is 229. The molecule has 1 unspecified atom stereocenters. The van der Waals surface area contributed by atoms with Crippen LogP contribution in [0.5, 0.6) is 0 Å². The molecule has 0 fully saturated rings. The van der Waals surface area contributed by atoms with E-state index in [1.165, 1.54) is 0 Å². The highest BCUT2D eigenvalue weighted by Crippen LogP contribution is 2.43. The van der Waals surface area contributed by atoms with Crippen molar-refractivity contribution in [3.05, 3.63) is 0 Å². The van der Waals surface area contributed by atoms with Gasteiger partial charge in [0.05, 0.1) is 6.61 Å². The van der Waals surface area contributed by atoms with Crippen LogP contribution in [0.4, 0.5) is 0 Å². The number of carbonyl (C=O) groups excluding carboxylic acids is 1. The molecular formula is C8H17O4P. The van der Waals surface area contributed by atoms with Gasteiger partial charge in [0.25, 0.3) is 0 Å². The highest BCUT2D eigenvalue weighted by molar-refractivity contribution is 7.53. The zero-order chi connectivity index (χ0) is 10.7. The first-order valence-corrected chi connectivity index (χ1v) is 5.95. The minimum absolute atomic E-state index is 0.144. The molecule has 0 saturated heterocycles. The zero-order valence-corrected chi connectivity index (χ0v) is 9.43. The molecule has 0 bridgehead atoms. The van der Waals surface area contributed by atoms with Crippen molar-refractivity contribution in [2.24, 2.45) is 5.41 Å². The van der Waals surface area contributed by atoms with Crippen molar-refractivity contribution >= 4 is 13.4 Å². The van der Waals surface area contributed by atoms with Gasteiger partial charge >= 0.3 is 7.60 Å². The van der Waals surface area contributed by atoms with Crippen LogP contribution < -0.4 is 0 Å². The zero-order valence-electron chi connectivity index (χ0n) is 8.53. The molecule has 0 saturated carbocycles. The summed E-state index contributed by atoms with van der Waals surface area (Å²) in [6, 6.07) is 0. The van der Waals surface area contributed by atoms with Gasteiger partial charge in [0, 0.05) is 5.41 Å². The Labute approximate surface area is 78.8 Å². The fourth-order valence-corrected chi connectivity index (χ4v) is 2.00. The van der Waals surface area contributed by atoms with Crippen molar-refractivity contribution < 1.29 is 18.8 Å². The van der Waals surface area contributed by atoms with Gasteiger partial charge in [0.15, 0.2) is 0 Å². The third-order valence-corrected chi connectivity index (χ3v) is 2.86. The summed E-state index contributed by atoms with van der Waals surface area (Å²) in [5.74, 6) is -0.258. The van der Waals surface area contributed by atoms with E-state index in [2.05, 4.69) is 4.52 Å². The van der Waals surface area contributed by atoms with Gasteiger partial charge in [-0.25, -0.2) is 0 Å². The molecule has 0 aliphatic carbocycles. The van der Waals surface area contributed by atoms with Crippen molar-refractivity contribution in [2.45, 2.75) is 27.7 Å². The minimum Gasteiger partial charge on any atom is -0.324 e. The van der Waals surface area contributed by atoms with Gasteiger partial charge in [0.2, 0.25) is 0 Å². The predicted octanol–water partition coefficient (Wildman–Crippen LogP) is 1.82. The van der Waals surface area contributed by atoms with Crippen LogP contribution in [0.25, 0.3) is 0 Å². The summed E-state index contributed by atoms with van der Waals surface area (Å²) in [7, 11) is -3.69. The highest BCUT2D eigenvalue weighted by atomic mass is 31.2. The van der Waals surface area contributed by atoms with Crippen LogP contribution in [0.2, 0.25) is 0 Å². The van der Waals surface area contributed by atoms with Crippen molar-refractivity contribution in [2.75, 3.05) is 12.8 Å². The van der Waals surface area contributed by atoms with Crippen molar-refractivity contribution in [1.29, 1.82) is 0 Å². The molecule has 0 aliphatic rings. The maximum absolute atomic E-state index is 11.3. The molecule has 0 aromatic rings. The first-order chi connectivity index (χ1) is 5.69. The molecule has 0 rings (SSSR count). The molecular weight excluding hydrogens is 191 g/mol. The molecule has 4 nitrogen and oxygen atoms in total. The second-order valence-electron chi connectivity index (χ2n) is 3.89. The number of ketones is 1. The van der Waals surface area contributed by atoms with Crippen LogP contribution in [-0.2, 0) is 13.9 Å². The second kappa shape index (κ2) is 4.36. The molecule has 0 amide bonds. The van der Waals surface area contributed by atoms with Gasteiger partial charge in [-0.1, -0.05) is 20.8 Å². The summed E-state index contributed by atoms with van der Waals surface area (Å²) in [6.45, 7) is 6.89. The third kappa shape index (κ3) is 5.19. The Morgan fingerprint density at radius 2 is 1.92 bits per heavy atom. The SMILES string of the molecule is CCOP(=O)(O)CC(=O)C(C)(C)C. The quantitative estimate of drug-likeness (QED) is 0.716. The average Bonchev–Trinajstić information content (AvgIpc) is 1.83. The summed E-state index contributed by atoms with van der Waals surface area (Å²) in [5.41, 5.74) is -0.588. The number of rotatable bonds is 4. The van der Waals surface area contributed by atoms with Gasteiger partial charge in [-0.2, -0.15) is 0 Å². The fourth-order valence-electron chi connectivity index (χ4n) is 0.666. The Kier molecular flexibility index (Phi) is 4.30. The van der Waals surface area contributed by atoms with E-state index >= 15 is 0 Å². The van der Waals surface area contributed by atoms with Gasteiger partial charge in [0.1, 0.15) is 11.9 Å². The van der Waals surface area contributed by atoms with Gasteiger partial charge in [-0.15, -0.1) is 0 Å². The van der Waals surface area contributed by atoms with E-state index in [9.17, 15) is 9.36 Å². The van der Waals surface area contributed by atoms with E-state index in [1.807, 2.05) is 0 Å². The van der Waals surface area contributed by atoms with Crippen molar-refractivity contribution in [3.63, 3.8) is 0 Å². The van der Waals surface area contributed by atoms with Gasteiger partial charge in [-0.05, 0) is 6.92 Å². The molecule has 0 spiro atoms. The Balaban J connectivity index is 4.29. The largest absolute Gasteiger partial charge is 0.335 e. The van der Waals surface area contributed by atoms with Crippen LogP contribution >= 0.6 is 7.60 Å². The topological polar surface area (TPSA) is 63.6 Å². The average molecular weight is 208 g/mol. The van der Waals surface area contributed by atoms with Crippen LogP contribution in [0.3, 0.4) is 0 Å². The lowest BCUT2D eigenvalue weighted by atomic mass is 9.92. The molecule has 5 heteroatoms. The molecule has 1 N–H and O–H groups in total. The summed E-state index contributed by atoms with van der Waals surface area (Å²) in [4.78, 5) is 20.5. The number of hydrogen-bond acceptors (Lipinski definition) is 3. The number of hydrogen-bond donors (Lipinski definition) is 1. The smallest absolute Gasteiger partial charge is 0.324 e. The first kappa shape index (κ1) is 12.8. The third-order valence-electron chi connectivity index (χ3n) is 1.51. The molecule has 1 atom stereocenters. The monoisotopic (exact) mass is 208 g/mol. The molecule has 0 aliphatic heterocycles. The molecule has 0 radical (unpaired) electrons. The molecule has 13 heavy (non-hydrogen) atoms. The molecule has 0 aromatic carbocycles. The predicted molar refractivity (Wildman–Crippen MR) is 50.8 cm³/mol. The standard InChI is InChI=1S/C8H17O4P/c1-5-12-13(10,11)6-7(9)8(2,3)4/h5-6H2,1-4H3,(H,10,11). The Hall–Kier alpha value is -0.180. The van der Waals surface area contributed by atoms with E-state index in [1.54, 1.807) is 27.7 Å². The second-order valence-corrected chi connectivity index (χ2v) is 5.74. The summed E-state index contributed by atoms with van der Waals surface area (Å²) >= 11 is 0. The van der Waals surface area contributed by atoms with Crippen molar-refractivity contribution in [1.82, 2.24) is 0 Å². The van der Waals surface area contributed by atoms with Crippen LogP contribution in [0, 0.1) is 5.41 Å².